The topological polar surface area (TPSA) is 73.5 Å². The van der Waals surface area contributed by atoms with Crippen LogP contribution in [0.3, 0.4) is 0 Å². The number of rotatable bonds is 6. The Bertz CT molecular complexity index is 604. The number of anilines is 2. The van der Waals surface area contributed by atoms with Crippen molar-refractivity contribution in [3.63, 3.8) is 0 Å². The fourth-order valence-corrected chi connectivity index (χ4v) is 2.02. The molecule has 0 aliphatic heterocycles. The van der Waals surface area contributed by atoms with Gasteiger partial charge in [-0.25, -0.2) is 9.97 Å². The molecular weight excluding hydrogens is 268 g/mol. The fraction of sp³-hybridized carbons (Fsp3) is 0.333. The predicted octanol–water partition coefficient (Wildman–Crippen LogP) is 1.85. The lowest BCUT2D eigenvalue weighted by Crippen LogP contribution is -2.19. The van der Waals surface area contributed by atoms with Crippen molar-refractivity contribution >= 4 is 11.6 Å². The molecule has 6 heteroatoms. The standard InChI is InChI=1S/C15H20N4O2/c1-19(9-11-5-4-6-12(7-11)21-3)15-8-13(16)17-14(18-15)10-20-2/h4-8H,9-10H2,1-3H3,(H2,16,17,18). The van der Waals surface area contributed by atoms with Gasteiger partial charge in [0.1, 0.15) is 24.0 Å². The minimum Gasteiger partial charge on any atom is -0.497 e. The first-order valence-electron chi connectivity index (χ1n) is 6.59. The highest BCUT2D eigenvalue weighted by Crippen LogP contribution is 2.18. The highest BCUT2D eigenvalue weighted by atomic mass is 16.5. The second-order valence-corrected chi connectivity index (χ2v) is 4.71. The Balaban J connectivity index is 2.17. The van der Waals surface area contributed by atoms with Crippen molar-refractivity contribution in [3.05, 3.63) is 41.7 Å². The molecule has 21 heavy (non-hydrogen) atoms. The molecule has 6 nitrogen and oxygen atoms in total. The van der Waals surface area contributed by atoms with Crippen LogP contribution in [0.15, 0.2) is 30.3 Å². The van der Waals surface area contributed by atoms with Crippen LogP contribution in [0.1, 0.15) is 11.4 Å². The molecule has 2 aromatic rings. The maximum atomic E-state index is 5.81. The van der Waals surface area contributed by atoms with Crippen LogP contribution in [0.5, 0.6) is 5.75 Å². The van der Waals surface area contributed by atoms with Gasteiger partial charge in [0, 0.05) is 26.8 Å². The fourth-order valence-electron chi connectivity index (χ4n) is 2.02. The zero-order valence-corrected chi connectivity index (χ0v) is 12.5. The third-order valence-corrected chi connectivity index (χ3v) is 3.00. The highest BCUT2D eigenvalue weighted by Gasteiger charge is 2.08. The maximum Gasteiger partial charge on any atom is 0.158 e. The Morgan fingerprint density at radius 2 is 2.00 bits per heavy atom. The molecule has 0 unspecified atom stereocenters. The first-order chi connectivity index (χ1) is 10.1. The molecule has 0 spiro atoms. The first-order valence-corrected chi connectivity index (χ1v) is 6.59. The van der Waals surface area contributed by atoms with Crippen molar-refractivity contribution in [2.24, 2.45) is 0 Å². The lowest BCUT2D eigenvalue weighted by Gasteiger charge is -2.19. The molecule has 0 saturated heterocycles. The molecule has 1 heterocycles. The Kier molecular flexibility index (Phi) is 4.94. The average molecular weight is 288 g/mol. The van der Waals surface area contributed by atoms with E-state index in [4.69, 9.17) is 15.2 Å². The van der Waals surface area contributed by atoms with E-state index in [0.29, 0.717) is 24.8 Å². The third-order valence-electron chi connectivity index (χ3n) is 3.00. The summed E-state index contributed by atoms with van der Waals surface area (Å²) in [4.78, 5) is 10.6. The van der Waals surface area contributed by atoms with Gasteiger partial charge in [0.25, 0.3) is 0 Å². The number of benzene rings is 1. The maximum absolute atomic E-state index is 5.81. The second-order valence-electron chi connectivity index (χ2n) is 4.71. The number of aromatic nitrogens is 2. The molecule has 0 bridgehead atoms. The summed E-state index contributed by atoms with van der Waals surface area (Å²) in [7, 11) is 5.22. The SMILES string of the molecule is COCc1nc(N)cc(N(C)Cc2cccc(OC)c2)n1. The lowest BCUT2D eigenvalue weighted by atomic mass is 10.2. The largest absolute Gasteiger partial charge is 0.497 e. The minimum absolute atomic E-state index is 0.338. The zero-order valence-electron chi connectivity index (χ0n) is 12.5. The van der Waals surface area contributed by atoms with Crippen LogP contribution in [-0.2, 0) is 17.9 Å². The molecule has 0 aliphatic carbocycles. The van der Waals surface area contributed by atoms with Gasteiger partial charge >= 0.3 is 0 Å². The van der Waals surface area contributed by atoms with E-state index in [2.05, 4.69) is 9.97 Å². The van der Waals surface area contributed by atoms with E-state index in [1.54, 1.807) is 20.3 Å². The van der Waals surface area contributed by atoms with Gasteiger partial charge in [0.2, 0.25) is 0 Å². The molecule has 112 valence electrons. The van der Waals surface area contributed by atoms with Gasteiger partial charge in [-0.05, 0) is 17.7 Å². The average Bonchev–Trinajstić information content (AvgIpc) is 2.47. The summed E-state index contributed by atoms with van der Waals surface area (Å²) in [5.74, 6) is 2.61. The van der Waals surface area contributed by atoms with Crippen LogP contribution in [0, 0.1) is 0 Å². The molecule has 0 saturated carbocycles. The second kappa shape index (κ2) is 6.90. The van der Waals surface area contributed by atoms with E-state index in [1.165, 1.54) is 0 Å². The lowest BCUT2D eigenvalue weighted by molar-refractivity contribution is 0.178. The normalized spacial score (nSPS) is 10.4. The highest BCUT2D eigenvalue weighted by molar-refractivity contribution is 5.47. The van der Waals surface area contributed by atoms with Crippen molar-refractivity contribution < 1.29 is 9.47 Å². The van der Waals surface area contributed by atoms with Crippen LogP contribution in [-0.4, -0.2) is 31.2 Å². The van der Waals surface area contributed by atoms with Crippen LogP contribution < -0.4 is 15.4 Å². The summed E-state index contributed by atoms with van der Waals surface area (Å²) in [6.45, 7) is 1.03. The van der Waals surface area contributed by atoms with E-state index < -0.39 is 0 Å². The van der Waals surface area contributed by atoms with E-state index in [1.807, 2.05) is 36.2 Å². The zero-order chi connectivity index (χ0) is 15.2. The van der Waals surface area contributed by atoms with E-state index in [-0.39, 0.29) is 0 Å². The van der Waals surface area contributed by atoms with Gasteiger partial charge in [0.05, 0.1) is 7.11 Å². The summed E-state index contributed by atoms with van der Waals surface area (Å²) >= 11 is 0. The molecule has 1 aromatic heterocycles. The van der Waals surface area contributed by atoms with Gasteiger partial charge in [-0.2, -0.15) is 0 Å². The van der Waals surface area contributed by atoms with Gasteiger partial charge in [0.15, 0.2) is 5.82 Å². The number of nitrogen functional groups attached to an aromatic ring is 1. The minimum atomic E-state index is 0.338. The number of nitrogens with zero attached hydrogens (tertiary/aromatic N) is 3. The third kappa shape index (κ3) is 4.06. The van der Waals surface area contributed by atoms with Gasteiger partial charge in [-0.15, -0.1) is 0 Å². The monoisotopic (exact) mass is 288 g/mol. The number of hydrogen-bond acceptors (Lipinski definition) is 6. The van der Waals surface area contributed by atoms with E-state index in [9.17, 15) is 0 Å². The summed E-state index contributed by atoms with van der Waals surface area (Å²) in [6.07, 6.45) is 0. The number of methoxy groups -OCH3 is 2. The molecular formula is C15H20N4O2. The first kappa shape index (κ1) is 15.1. The molecule has 1 aromatic carbocycles. The quantitative estimate of drug-likeness (QED) is 0.874. The smallest absolute Gasteiger partial charge is 0.158 e. The van der Waals surface area contributed by atoms with Crippen LogP contribution in [0.25, 0.3) is 0 Å². The van der Waals surface area contributed by atoms with Crippen molar-refractivity contribution in [2.45, 2.75) is 13.2 Å². The van der Waals surface area contributed by atoms with Gasteiger partial charge < -0.3 is 20.1 Å². The Labute approximate surface area is 124 Å². The van der Waals surface area contributed by atoms with Gasteiger partial charge in [-0.1, -0.05) is 12.1 Å². The summed E-state index contributed by atoms with van der Waals surface area (Å²) < 4.78 is 10.3. The molecule has 2 N–H and O–H groups in total. The molecule has 0 radical (unpaired) electrons. The van der Waals surface area contributed by atoms with Gasteiger partial charge in [-0.3, -0.25) is 0 Å². The van der Waals surface area contributed by atoms with E-state index in [0.717, 1.165) is 17.1 Å². The number of hydrogen-bond donors (Lipinski definition) is 1. The van der Waals surface area contributed by atoms with Crippen molar-refractivity contribution in [2.75, 3.05) is 31.9 Å². The van der Waals surface area contributed by atoms with Crippen molar-refractivity contribution in [3.8, 4) is 5.75 Å². The van der Waals surface area contributed by atoms with Crippen LogP contribution >= 0.6 is 0 Å². The van der Waals surface area contributed by atoms with Crippen LogP contribution in [0.2, 0.25) is 0 Å². The van der Waals surface area contributed by atoms with E-state index >= 15 is 0 Å². The number of ether oxygens (including phenoxy) is 2. The predicted molar refractivity (Wildman–Crippen MR) is 82.3 cm³/mol. The Morgan fingerprint density at radius 1 is 1.19 bits per heavy atom. The Hall–Kier alpha value is -2.34. The molecule has 0 aliphatic rings. The molecule has 2 rings (SSSR count). The number of nitrogens with two attached hydrogens (primary N) is 1. The molecule has 0 fully saturated rings. The summed E-state index contributed by atoms with van der Waals surface area (Å²) in [5, 5.41) is 0. The summed E-state index contributed by atoms with van der Waals surface area (Å²) in [6, 6.07) is 9.67. The molecule has 0 atom stereocenters. The van der Waals surface area contributed by atoms with Crippen molar-refractivity contribution in [1.29, 1.82) is 0 Å². The molecule has 0 amide bonds. The Morgan fingerprint density at radius 3 is 2.71 bits per heavy atom. The van der Waals surface area contributed by atoms with Crippen molar-refractivity contribution in [1.82, 2.24) is 9.97 Å². The van der Waals surface area contributed by atoms with Crippen LogP contribution in [0.4, 0.5) is 11.6 Å². The summed E-state index contributed by atoms with van der Waals surface area (Å²) in [5.41, 5.74) is 6.94.